The van der Waals surface area contributed by atoms with Gasteiger partial charge >= 0.3 is 6.03 Å². The number of nitrogens with one attached hydrogen (secondary N) is 1. The molecule has 1 heterocycles. The van der Waals surface area contributed by atoms with Gasteiger partial charge in [0.25, 0.3) is 0 Å². The molecule has 0 saturated carbocycles. The Morgan fingerprint density at radius 1 is 0.929 bits per heavy atom. The first-order valence-electron chi connectivity index (χ1n) is 9.54. The van der Waals surface area contributed by atoms with E-state index in [0.717, 1.165) is 36.8 Å². The minimum absolute atomic E-state index is 0.0489. The molecule has 0 unspecified atom stereocenters. The molecule has 28 heavy (non-hydrogen) atoms. The summed E-state index contributed by atoms with van der Waals surface area (Å²) in [6, 6.07) is 16.8. The van der Waals surface area contributed by atoms with Gasteiger partial charge < -0.3 is 24.8 Å². The number of benzene rings is 2. The van der Waals surface area contributed by atoms with E-state index in [9.17, 15) is 4.79 Å². The van der Waals surface area contributed by atoms with Gasteiger partial charge in [-0.25, -0.2) is 4.79 Å². The van der Waals surface area contributed by atoms with Gasteiger partial charge in [-0.05, 0) is 36.4 Å². The van der Waals surface area contributed by atoms with E-state index in [4.69, 9.17) is 14.6 Å². The smallest absolute Gasteiger partial charge is 0.321 e. The zero-order valence-corrected chi connectivity index (χ0v) is 15.9. The van der Waals surface area contributed by atoms with Crippen molar-refractivity contribution in [2.24, 2.45) is 0 Å². The van der Waals surface area contributed by atoms with Crippen molar-refractivity contribution >= 4 is 11.7 Å². The van der Waals surface area contributed by atoms with E-state index < -0.39 is 0 Å². The molecule has 7 heteroatoms. The van der Waals surface area contributed by atoms with Gasteiger partial charge in [0.15, 0.2) is 0 Å². The highest BCUT2D eigenvalue weighted by Crippen LogP contribution is 2.22. The summed E-state index contributed by atoms with van der Waals surface area (Å²) in [4.78, 5) is 16.5. The van der Waals surface area contributed by atoms with E-state index in [1.54, 1.807) is 0 Å². The Bertz CT molecular complexity index is 716. The maximum atomic E-state index is 12.5. The Morgan fingerprint density at radius 3 is 2.29 bits per heavy atom. The number of anilines is 1. The molecule has 150 valence electrons. The number of nitrogens with zero attached hydrogens (tertiary/aromatic N) is 2. The van der Waals surface area contributed by atoms with Gasteiger partial charge in [0.1, 0.15) is 11.5 Å². The first-order valence-corrected chi connectivity index (χ1v) is 9.54. The van der Waals surface area contributed by atoms with Crippen molar-refractivity contribution in [3.05, 3.63) is 54.6 Å². The number of para-hydroxylation sites is 1. The molecule has 0 aromatic heterocycles. The average Bonchev–Trinajstić information content (AvgIpc) is 2.74. The molecule has 0 spiro atoms. The number of hydrogen-bond acceptors (Lipinski definition) is 5. The number of aliphatic hydroxyl groups is 1. The molecule has 1 saturated heterocycles. The van der Waals surface area contributed by atoms with Crippen LogP contribution in [0.15, 0.2) is 54.6 Å². The summed E-state index contributed by atoms with van der Waals surface area (Å²) >= 11 is 0. The Kier molecular flexibility index (Phi) is 7.66. The number of hydrogen-bond donors (Lipinski definition) is 2. The lowest BCUT2D eigenvalue weighted by Gasteiger charge is -2.34. The van der Waals surface area contributed by atoms with Crippen molar-refractivity contribution in [3.63, 3.8) is 0 Å². The third kappa shape index (κ3) is 6.23. The van der Waals surface area contributed by atoms with Crippen LogP contribution in [0.3, 0.4) is 0 Å². The summed E-state index contributed by atoms with van der Waals surface area (Å²) in [5.41, 5.74) is 0.741. The third-order valence-corrected chi connectivity index (χ3v) is 4.53. The van der Waals surface area contributed by atoms with Gasteiger partial charge in [0.2, 0.25) is 0 Å². The SMILES string of the molecule is O=C(Nc1ccc(Oc2ccccc2)cc1)N1CCN(CCOCCO)CC1. The predicted octanol–water partition coefficient (Wildman–Crippen LogP) is 2.64. The number of ether oxygens (including phenoxy) is 2. The van der Waals surface area contributed by atoms with Crippen molar-refractivity contribution in [3.8, 4) is 11.5 Å². The molecule has 2 aromatic carbocycles. The zero-order chi connectivity index (χ0) is 19.6. The molecule has 3 rings (SSSR count). The Hall–Kier alpha value is -2.61. The molecule has 2 aromatic rings. The molecule has 1 fully saturated rings. The number of carbonyl (C=O) groups excluding carboxylic acids is 1. The topological polar surface area (TPSA) is 74.3 Å². The average molecular weight is 385 g/mol. The zero-order valence-electron chi connectivity index (χ0n) is 15.9. The van der Waals surface area contributed by atoms with Gasteiger partial charge in [-0.2, -0.15) is 0 Å². The number of rotatable bonds is 8. The van der Waals surface area contributed by atoms with E-state index in [1.165, 1.54) is 0 Å². The van der Waals surface area contributed by atoms with Crippen molar-refractivity contribution < 1.29 is 19.4 Å². The van der Waals surface area contributed by atoms with Crippen molar-refractivity contribution in [2.45, 2.75) is 0 Å². The monoisotopic (exact) mass is 385 g/mol. The minimum Gasteiger partial charge on any atom is -0.457 e. The number of piperazine rings is 1. The molecule has 1 aliphatic rings. The summed E-state index contributed by atoms with van der Waals surface area (Å²) in [5.74, 6) is 1.50. The molecular formula is C21H27N3O4. The molecule has 2 amide bonds. The fourth-order valence-electron chi connectivity index (χ4n) is 2.97. The molecule has 1 aliphatic heterocycles. The van der Waals surface area contributed by atoms with Gasteiger partial charge in [0.05, 0.1) is 19.8 Å². The highest BCUT2D eigenvalue weighted by atomic mass is 16.5. The number of aliphatic hydroxyl groups excluding tert-OH is 1. The van der Waals surface area contributed by atoms with Crippen LogP contribution in [-0.2, 0) is 4.74 Å². The molecule has 2 N–H and O–H groups in total. The first kappa shape index (κ1) is 20.1. The highest BCUT2D eigenvalue weighted by Gasteiger charge is 2.20. The lowest BCUT2D eigenvalue weighted by molar-refractivity contribution is 0.0627. The van der Waals surface area contributed by atoms with Crippen LogP contribution in [0.25, 0.3) is 0 Å². The van der Waals surface area contributed by atoms with Crippen molar-refractivity contribution in [1.29, 1.82) is 0 Å². The molecule has 0 radical (unpaired) electrons. The van der Waals surface area contributed by atoms with Crippen LogP contribution < -0.4 is 10.1 Å². The Morgan fingerprint density at radius 2 is 1.61 bits per heavy atom. The number of carbonyl (C=O) groups is 1. The van der Waals surface area contributed by atoms with Crippen LogP contribution in [0.5, 0.6) is 11.5 Å². The van der Waals surface area contributed by atoms with E-state index in [-0.39, 0.29) is 12.6 Å². The van der Waals surface area contributed by atoms with Gasteiger partial charge in [-0.1, -0.05) is 18.2 Å². The Balaban J connectivity index is 1.41. The lowest BCUT2D eigenvalue weighted by Crippen LogP contribution is -2.50. The summed E-state index contributed by atoms with van der Waals surface area (Å²) in [6.07, 6.45) is 0. The largest absolute Gasteiger partial charge is 0.457 e. The van der Waals surface area contributed by atoms with Crippen LogP contribution in [0.1, 0.15) is 0 Å². The van der Waals surface area contributed by atoms with E-state index in [1.807, 2.05) is 59.5 Å². The summed E-state index contributed by atoms with van der Waals surface area (Å²) in [5, 5.41) is 11.6. The fraction of sp³-hybridized carbons (Fsp3) is 0.381. The number of urea groups is 1. The Labute approximate surface area is 165 Å². The lowest BCUT2D eigenvalue weighted by atomic mass is 10.3. The number of amides is 2. The maximum absolute atomic E-state index is 12.5. The summed E-state index contributed by atoms with van der Waals surface area (Å²) in [6.45, 7) is 4.84. The normalized spacial score (nSPS) is 14.7. The summed E-state index contributed by atoms with van der Waals surface area (Å²) in [7, 11) is 0. The van der Waals surface area contributed by atoms with Crippen molar-refractivity contribution in [1.82, 2.24) is 9.80 Å². The predicted molar refractivity (Wildman–Crippen MR) is 108 cm³/mol. The second kappa shape index (κ2) is 10.7. The van der Waals surface area contributed by atoms with Gasteiger partial charge in [-0.3, -0.25) is 4.90 Å². The van der Waals surface area contributed by atoms with Crippen LogP contribution in [0.4, 0.5) is 10.5 Å². The van der Waals surface area contributed by atoms with Crippen LogP contribution in [-0.4, -0.2) is 73.5 Å². The van der Waals surface area contributed by atoms with Crippen LogP contribution >= 0.6 is 0 Å². The molecule has 0 aliphatic carbocycles. The second-order valence-electron chi connectivity index (χ2n) is 6.53. The molecular weight excluding hydrogens is 358 g/mol. The van der Waals surface area contributed by atoms with E-state index in [0.29, 0.717) is 26.3 Å². The highest BCUT2D eigenvalue weighted by molar-refractivity contribution is 5.89. The molecule has 7 nitrogen and oxygen atoms in total. The van der Waals surface area contributed by atoms with E-state index in [2.05, 4.69) is 10.2 Å². The minimum atomic E-state index is -0.0899. The van der Waals surface area contributed by atoms with Crippen LogP contribution in [0, 0.1) is 0 Å². The molecule has 0 atom stereocenters. The first-order chi connectivity index (χ1) is 13.7. The van der Waals surface area contributed by atoms with Crippen molar-refractivity contribution in [2.75, 3.05) is 57.9 Å². The maximum Gasteiger partial charge on any atom is 0.321 e. The van der Waals surface area contributed by atoms with Gasteiger partial charge in [0, 0.05) is 38.4 Å². The summed E-state index contributed by atoms with van der Waals surface area (Å²) < 4.78 is 11.1. The third-order valence-electron chi connectivity index (χ3n) is 4.53. The standard InChI is InChI=1S/C21H27N3O4/c25-15-17-27-16-14-23-10-12-24(13-11-23)21(26)22-18-6-8-20(9-7-18)28-19-4-2-1-3-5-19/h1-9,25H,10-17H2,(H,22,26). The van der Waals surface area contributed by atoms with Gasteiger partial charge in [-0.15, -0.1) is 0 Å². The quantitative estimate of drug-likeness (QED) is 0.684. The second-order valence-corrected chi connectivity index (χ2v) is 6.53. The van der Waals surface area contributed by atoms with E-state index >= 15 is 0 Å². The fourth-order valence-corrected chi connectivity index (χ4v) is 2.97. The molecule has 0 bridgehead atoms. The van der Waals surface area contributed by atoms with Crippen LogP contribution in [0.2, 0.25) is 0 Å².